The van der Waals surface area contributed by atoms with Crippen molar-refractivity contribution in [1.29, 1.82) is 0 Å². The lowest BCUT2D eigenvalue weighted by Gasteiger charge is -2.19. The van der Waals surface area contributed by atoms with Crippen molar-refractivity contribution in [3.8, 4) is 0 Å². The molecule has 7 heteroatoms. The molecule has 4 rings (SSSR count). The van der Waals surface area contributed by atoms with E-state index in [0.717, 1.165) is 23.3 Å². The van der Waals surface area contributed by atoms with Crippen LogP contribution in [-0.2, 0) is 11.3 Å². The maximum atomic E-state index is 12.7. The Morgan fingerprint density at radius 2 is 1.84 bits per heavy atom. The van der Waals surface area contributed by atoms with Crippen molar-refractivity contribution in [2.75, 3.05) is 0 Å². The van der Waals surface area contributed by atoms with Gasteiger partial charge in [0.1, 0.15) is 5.82 Å². The Bertz CT molecular complexity index is 1220. The van der Waals surface area contributed by atoms with Gasteiger partial charge in [0, 0.05) is 13.0 Å². The molecule has 1 unspecified atom stereocenters. The third-order valence-corrected chi connectivity index (χ3v) is 5.31. The number of hydrogen-bond acceptors (Lipinski definition) is 4. The minimum absolute atomic E-state index is 0.0482. The summed E-state index contributed by atoms with van der Waals surface area (Å²) in [4.78, 5) is 37.6. The Kier molecular flexibility index (Phi) is 6.11. The zero-order valence-corrected chi connectivity index (χ0v) is 17.8. The van der Waals surface area contributed by atoms with Crippen LogP contribution < -0.4 is 10.9 Å². The number of para-hydroxylation sites is 3. The predicted octanol–water partition coefficient (Wildman–Crippen LogP) is 3.96. The second-order valence-electron chi connectivity index (χ2n) is 8.25. The molecule has 0 fully saturated rings. The number of aromatic amines is 1. The highest BCUT2D eigenvalue weighted by atomic mass is 16.1. The average Bonchev–Trinajstić information content (AvgIpc) is 3.19. The molecule has 7 nitrogen and oxygen atoms in total. The molecule has 2 N–H and O–H groups in total. The lowest BCUT2D eigenvalue weighted by Crippen LogP contribution is -2.30. The monoisotopic (exact) mass is 417 g/mol. The molecule has 0 spiro atoms. The SMILES string of the molecule is CC(C)CC(NC(=O)CCCn1cnc2ccccc2c1=O)c1nc2ccccc2[nH]1. The number of carbonyl (C=O) groups excluding carboxylic acids is 1. The van der Waals surface area contributed by atoms with Crippen molar-refractivity contribution < 1.29 is 4.79 Å². The van der Waals surface area contributed by atoms with Crippen molar-refractivity contribution in [3.63, 3.8) is 0 Å². The summed E-state index contributed by atoms with van der Waals surface area (Å²) in [7, 11) is 0. The third-order valence-electron chi connectivity index (χ3n) is 5.31. The molecule has 1 atom stereocenters. The number of aryl methyl sites for hydroxylation is 1. The van der Waals surface area contributed by atoms with Gasteiger partial charge in [-0.2, -0.15) is 0 Å². The van der Waals surface area contributed by atoms with Gasteiger partial charge in [0.05, 0.1) is 34.3 Å². The molecule has 0 aliphatic heterocycles. The molecular weight excluding hydrogens is 390 g/mol. The van der Waals surface area contributed by atoms with E-state index in [-0.39, 0.29) is 17.5 Å². The van der Waals surface area contributed by atoms with Gasteiger partial charge in [-0.25, -0.2) is 9.97 Å². The van der Waals surface area contributed by atoms with Crippen molar-refractivity contribution in [1.82, 2.24) is 24.8 Å². The highest BCUT2D eigenvalue weighted by Crippen LogP contribution is 2.22. The summed E-state index contributed by atoms with van der Waals surface area (Å²) in [5, 5.41) is 3.71. The number of nitrogens with one attached hydrogen (secondary N) is 2. The fraction of sp³-hybridized carbons (Fsp3) is 0.333. The van der Waals surface area contributed by atoms with Crippen LogP contribution in [0.3, 0.4) is 0 Å². The van der Waals surface area contributed by atoms with Crippen LogP contribution in [0.15, 0.2) is 59.7 Å². The van der Waals surface area contributed by atoms with E-state index >= 15 is 0 Å². The molecule has 2 aromatic heterocycles. The van der Waals surface area contributed by atoms with Crippen LogP contribution >= 0.6 is 0 Å². The van der Waals surface area contributed by atoms with E-state index < -0.39 is 0 Å². The van der Waals surface area contributed by atoms with E-state index in [1.807, 2.05) is 42.5 Å². The standard InChI is InChI=1S/C24H27N5O2/c1-16(2)14-21(23-27-19-10-5-6-11-20(19)28-23)26-22(30)12-7-13-29-15-25-18-9-4-3-8-17(18)24(29)31/h3-6,8-11,15-16,21H,7,12-14H2,1-2H3,(H,26,30)(H,27,28). The molecule has 0 saturated heterocycles. The van der Waals surface area contributed by atoms with Crippen LogP contribution in [0.2, 0.25) is 0 Å². The number of nitrogens with zero attached hydrogens (tertiary/aromatic N) is 3. The molecule has 160 valence electrons. The normalized spacial score (nSPS) is 12.5. The first-order valence-corrected chi connectivity index (χ1v) is 10.7. The lowest BCUT2D eigenvalue weighted by molar-refractivity contribution is -0.122. The number of hydrogen-bond donors (Lipinski definition) is 2. The second-order valence-corrected chi connectivity index (χ2v) is 8.25. The maximum Gasteiger partial charge on any atom is 0.261 e. The Balaban J connectivity index is 1.40. The molecular formula is C24H27N5O2. The molecule has 2 heterocycles. The Morgan fingerprint density at radius 3 is 2.61 bits per heavy atom. The predicted molar refractivity (Wildman–Crippen MR) is 122 cm³/mol. The maximum absolute atomic E-state index is 12.7. The van der Waals surface area contributed by atoms with Crippen molar-refractivity contribution >= 4 is 27.8 Å². The van der Waals surface area contributed by atoms with Crippen LogP contribution in [0.5, 0.6) is 0 Å². The van der Waals surface area contributed by atoms with Gasteiger partial charge in [-0.05, 0) is 43.0 Å². The molecule has 1 amide bonds. The quantitative estimate of drug-likeness (QED) is 0.454. The number of aromatic nitrogens is 4. The van der Waals surface area contributed by atoms with Gasteiger partial charge in [-0.3, -0.25) is 14.2 Å². The minimum Gasteiger partial charge on any atom is -0.346 e. The summed E-state index contributed by atoms with van der Waals surface area (Å²) in [5.74, 6) is 1.13. The summed E-state index contributed by atoms with van der Waals surface area (Å²) in [6.07, 6.45) is 3.23. The summed E-state index contributed by atoms with van der Waals surface area (Å²) < 4.78 is 1.57. The number of imidazole rings is 1. The van der Waals surface area contributed by atoms with E-state index in [0.29, 0.717) is 36.2 Å². The fourth-order valence-corrected chi connectivity index (χ4v) is 3.79. The van der Waals surface area contributed by atoms with Gasteiger partial charge in [-0.15, -0.1) is 0 Å². The van der Waals surface area contributed by atoms with Crippen LogP contribution in [0, 0.1) is 5.92 Å². The summed E-state index contributed by atoms with van der Waals surface area (Å²) in [6, 6.07) is 15.0. The van der Waals surface area contributed by atoms with E-state index in [2.05, 4.69) is 34.1 Å². The van der Waals surface area contributed by atoms with Gasteiger partial charge >= 0.3 is 0 Å². The lowest BCUT2D eigenvalue weighted by atomic mass is 10.0. The first-order valence-electron chi connectivity index (χ1n) is 10.7. The smallest absolute Gasteiger partial charge is 0.261 e. The van der Waals surface area contributed by atoms with Crippen molar-refractivity contribution in [2.24, 2.45) is 5.92 Å². The van der Waals surface area contributed by atoms with E-state index in [1.165, 1.54) is 0 Å². The van der Waals surface area contributed by atoms with Crippen LogP contribution in [-0.4, -0.2) is 25.4 Å². The fourth-order valence-electron chi connectivity index (χ4n) is 3.79. The Labute approximate surface area is 180 Å². The minimum atomic E-state index is -0.176. The van der Waals surface area contributed by atoms with Gasteiger partial charge in [0.15, 0.2) is 0 Å². The van der Waals surface area contributed by atoms with Gasteiger partial charge < -0.3 is 10.3 Å². The largest absolute Gasteiger partial charge is 0.346 e. The molecule has 0 bridgehead atoms. The molecule has 0 radical (unpaired) electrons. The molecule has 2 aromatic carbocycles. The van der Waals surface area contributed by atoms with Crippen LogP contribution in [0.1, 0.15) is 45.0 Å². The zero-order chi connectivity index (χ0) is 21.8. The first-order chi connectivity index (χ1) is 15.0. The number of carbonyl (C=O) groups is 1. The van der Waals surface area contributed by atoms with E-state index in [4.69, 9.17) is 0 Å². The number of H-pyrrole nitrogens is 1. The topological polar surface area (TPSA) is 92.7 Å². The first kappa shape index (κ1) is 20.8. The van der Waals surface area contributed by atoms with Crippen molar-refractivity contribution in [2.45, 2.75) is 45.7 Å². The van der Waals surface area contributed by atoms with Gasteiger partial charge in [-0.1, -0.05) is 38.1 Å². The third kappa shape index (κ3) is 4.82. The van der Waals surface area contributed by atoms with Gasteiger partial charge in [0.25, 0.3) is 5.56 Å². The number of amides is 1. The Hall–Kier alpha value is -3.48. The summed E-state index contributed by atoms with van der Waals surface area (Å²) in [6.45, 7) is 4.70. The van der Waals surface area contributed by atoms with E-state index in [1.54, 1.807) is 17.0 Å². The second kappa shape index (κ2) is 9.12. The molecule has 31 heavy (non-hydrogen) atoms. The van der Waals surface area contributed by atoms with Gasteiger partial charge in [0.2, 0.25) is 5.91 Å². The number of benzene rings is 2. The van der Waals surface area contributed by atoms with E-state index in [9.17, 15) is 9.59 Å². The summed E-state index contributed by atoms with van der Waals surface area (Å²) >= 11 is 0. The molecule has 0 saturated carbocycles. The number of rotatable bonds is 8. The van der Waals surface area contributed by atoms with Crippen molar-refractivity contribution in [3.05, 3.63) is 71.0 Å². The molecule has 0 aliphatic rings. The Morgan fingerprint density at radius 1 is 1.10 bits per heavy atom. The molecule has 4 aromatic rings. The van der Waals surface area contributed by atoms with Crippen LogP contribution in [0.4, 0.5) is 0 Å². The zero-order valence-electron chi connectivity index (χ0n) is 17.8. The summed E-state index contributed by atoms with van der Waals surface area (Å²) in [5.41, 5.74) is 2.46. The number of fused-ring (bicyclic) bond motifs is 2. The van der Waals surface area contributed by atoms with Crippen LogP contribution in [0.25, 0.3) is 21.9 Å². The highest BCUT2D eigenvalue weighted by Gasteiger charge is 2.19. The highest BCUT2D eigenvalue weighted by molar-refractivity contribution is 5.78. The molecule has 0 aliphatic carbocycles. The average molecular weight is 418 g/mol.